The first-order valence-electron chi connectivity index (χ1n) is 7.40. The maximum atomic E-state index is 10.6. The molecule has 0 saturated heterocycles. The summed E-state index contributed by atoms with van der Waals surface area (Å²) in [5.74, 6) is 1.74. The number of nitro benzene ring substituents is 1. The zero-order valence-corrected chi connectivity index (χ0v) is 17.1. The van der Waals surface area contributed by atoms with Crippen LogP contribution in [0, 0.1) is 10.1 Å². The number of aliphatic imine (C=N–C) groups is 1. The van der Waals surface area contributed by atoms with Gasteiger partial charge in [-0.2, -0.15) is 11.8 Å². The average molecular weight is 468 g/mol. The number of rotatable bonds is 10. The van der Waals surface area contributed by atoms with Gasteiger partial charge in [0.2, 0.25) is 0 Å². The van der Waals surface area contributed by atoms with Crippen molar-refractivity contribution in [3.05, 3.63) is 39.9 Å². The van der Waals surface area contributed by atoms with Gasteiger partial charge in [0.05, 0.1) is 11.5 Å². The molecular weight excluding hydrogens is 443 g/mol. The van der Waals surface area contributed by atoms with Gasteiger partial charge in [-0.05, 0) is 18.2 Å². The van der Waals surface area contributed by atoms with Gasteiger partial charge >= 0.3 is 0 Å². The number of guanidine groups is 1. The van der Waals surface area contributed by atoms with Gasteiger partial charge in [-0.15, -0.1) is 24.0 Å². The zero-order valence-electron chi connectivity index (χ0n) is 14.0. The van der Waals surface area contributed by atoms with Crippen LogP contribution in [0.2, 0.25) is 0 Å². The largest absolute Gasteiger partial charge is 0.385 e. The molecule has 2 N–H and O–H groups in total. The number of non-ortho nitro benzene ring substituents is 1. The summed E-state index contributed by atoms with van der Waals surface area (Å²) in [6.07, 6.45) is 2.96. The number of nitrogens with zero attached hydrogens (tertiary/aromatic N) is 2. The van der Waals surface area contributed by atoms with Crippen LogP contribution in [0.3, 0.4) is 0 Å². The third kappa shape index (κ3) is 9.93. The molecule has 0 unspecified atom stereocenters. The third-order valence-electron chi connectivity index (χ3n) is 2.98. The first-order chi connectivity index (χ1) is 11.2. The number of methoxy groups -OCH3 is 1. The quantitative estimate of drug-likeness (QED) is 0.137. The van der Waals surface area contributed by atoms with Crippen molar-refractivity contribution in [3.8, 4) is 0 Å². The highest BCUT2D eigenvalue weighted by atomic mass is 127. The van der Waals surface area contributed by atoms with Crippen molar-refractivity contribution >= 4 is 47.4 Å². The molecule has 9 heteroatoms. The summed E-state index contributed by atoms with van der Waals surface area (Å²) in [5.41, 5.74) is 1.02. The van der Waals surface area contributed by atoms with Gasteiger partial charge in [-0.3, -0.25) is 10.1 Å². The molecular formula is C15H25IN4O3S. The van der Waals surface area contributed by atoms with Gasteiger partial charge in [-0.1, -0.05) is 12.1 Å². The lowest BCUT2D eigenvalue weighted by Crippen LogP contribution is -2.39. The summed E-state index contributed by atoms with van der Waals surface area (Å²) in [4.78, 5) is 14.8. The van der Waals surface area contributed by atoms with Crippen LogP contribution in [0.1, 0.15) is 12.0 Å². The molecule has 1 rings (SSSR count). The molecule has 0 amide bonds. The molecule has 0 aliphatic rings. The number of hydrogen-bond acceptors (Lipinski definition) is 5. The van der Waals surface area contributed by atoms with Crippen LogP contribution >= 0.6 is 35.7 Å². The molecule has 136 valence electrons. The lowest BCUT2D eigenvalue weighted by Gasteiger charge is -2.12. The van der Waals surface area contributed by atoms with Crippen molar-refractivity contribution in [3.63, 3.8) is 0 Å². The number of halogens is 1. The van der Waals surface area contributed by atoms with E-state index in [0.29, 0.717) is 13.2 Å². The average Bonchev–Trinajstić information content (AvgIpc) is 2.56. The summed E-state index contributed by atoms with van der Waals surface area (Å²) in [7, 11) is 1.68. The van der Waals surface area contributed by atoms with Crippen LogP contribution in [-0.4, -0.2) is 49.7 Å². The molecule has 24 heavy (non-hydrogen) atoms. The molecule has 0 aliphatic carbocycles. The molecule has 0 heterocycles. The van der Waals surface area contributed by atoms with Gasteiger partial charge in [0, 0.05) is 44.7 Å². The fourth-order valence-electron chi connectivity index (χ4n) is 1.76. The standard InChI is InChI=1S/C15H24N4O3S.HI/c1-22-10-3-8-16-15(17-9-11-23-2)18-12-13-4-6-14(7-5-13)19(20)21;/h4-7H,3,8-12H2,1-2H3,(H2,16,17,18);1H. The summed E-state index contributed by atoms with van der Waals surface area (Å²) in [6.45, 7) is 2.78. The molecule has 0 aliphatic heterocycles. The highest BCUT2D eigenvalue weighted by Crippen LogP contribution is 2.12. The minimum Gasteiger partial charge on any atom is -0.385 e. The number of ether oxygens (including phenoxy) is 1. The zero-order chi connectivity index (χ0) is 16.9. The fourth-order valence-corrected chi connectivity index (χ4v) is 2.07. The number of hydrogen-bond donors (Lipinski definition) is 2. The molecule has 0 bridgehead atoms. The maximum Gasteiger partial charge on any atom is 0.269 e. The summed E-state index contributed by atoms with van der Waals surface area (Å²) < 4.78 is 5.02. The number of benzene rings is 1. The Kier molecular flexibility index (Phi) is 13.7. The predicted octanol–water partition coefficient (Wildman–Crippen LogP) is 2.65. The van der Waals surface area contributed by atoms with Gasteiger partial charge in [0.15, 0.2) is 5.96 Å². The first-order valence-corrected chi connectivity index (χ1v) is 8.80. The Bertz CT molecular complexity index is 500. The number of thioether (sulfide) groups is 1. The smallest absolute Gasteiger partial charge is 0.269 e. The van der Waals surface area contributed by atoms with Gasteiger partial charge < -0.3 is 15.4 Å². The Morgan fingerprint density at radius 1 is 1.29 bits per heavy atom. The Morgan fingerprint density at radius 2 is 1.96 bits per heavy atom. The van der Waals surface area contributed by atoms with Crippen molar-refractivity contribution in [2.75, 3.05) is 38.8 Å². The molecule has 0 saturated carbocycles. The fraction of sp³-hybridized carbons (Fsp3) is 0.533. The molecule has 0 atom stereocenters. The Labute approximate surface area is 164 Å². The van der Waals surface area contributed by atoms with Crippen molar-refractivity contribution < 1.29 is 9.66 Å². The van der Waals surface area contributed by atoms with Crippen molar-refractivity contribution in [2.45, 2.75) is 13.0 Å². The normalized spacial score (nSPS) is 10.8. The lowest BCUT2D eigenvalue weighted by molar-refractivity contribution is -0.384. The Morgan fingerprint density at radius 3 is 2.54 bits per heavy atom. The Hall–Kier alpha value is -1.07. The topological polar surface area (TPSA) is 88.8 Å². The molecule has 0 spiro atoms. The Balaban J connectivity index is 0.00000529. The van der Waals surface area contributed by atoms with E-state index in [1.807, 2.05) is 0 Å². The van der Waals surface area contributed by atoms with Crippen LogP contribution < -0.4 is 10.6 Å². The molecule has 0 radical (unpaired) electrons. The predicted molar refractivity (Wildman–Crippen MR) is 111 cm³/mol. The highest BCUT2D eigenvalue weighted by molar-refractivity contribution is 14.0. The summed E-state index contributed by atoms with van der Waals surface area (Å²) in [5, 5.41) is 17.2. The van der Waals surface area contributed by atoms with E-state index in [-0.39, 0.29) is 29.7 Å². The van der Waals surface area contributed by atoms with E-state index >= 15 is 0 Å². The summed E-state index contributed by atoms with van der Waals surface area (Å²) >= 11 is 1.77. The highest BCUT2D eigenvalue weighted by Gasteiger charge is 2.04. The molecule has 1 aromatic rings. The van der Waals surface area contributed by atoms with Crippen molar-refractivity contribution in [1.29, 1.82) is 0 Å². The lowest BCUT2D eigenvalue weighted by atomic mass is 10.2. The van der Waals surface area contributed by atoms with E-state index < -0.39 is 4.92 Å². The summed E-state index contributed by atoms with van der Waals surface area (Å²) in [6, 6.07) is 6.45. The van der Waals surface area contributed by atoms with E-state index in [1.165, 1.54) is 12.1 Å². The van der Waals surface area contributed by atoms with Crippen LogP contribution in [0.25, 0.3) is 0 Å². The second kappa shape index (κ2) is 14.3. The second-order valence-electron chi connectivity index (χ2n) is 4.78. The molecule has 7 nitrogen and oxygen atoms in total. The second-order valence-corrected chi connectivity index (χ2v) is 5.77. The monoisotopic (exact) mass is 468 g/mol. The van der Waals surface area contributed by atoms with Crippen LogP contribution in [0.4, 0.5) is 5.69 Å². The van der Waals surface area contributed by atoms with E-state index in [0.717, 1.165) is 36.8 Å². The van der Waals surface area contributed by atoms with E-state index in [4.69, 9.17) is 4.74 Å². The minimum absolute atomic E-state index is 0. The first kappa shape index (κ1) is 22.9. The molecule has 0 fully saturated rings. The minimum atomic E-state index is -0.403. The van der Waals surface area contributed by atoms with Gasteiger partial charge in [0.25, 0.3) is 5.69 Å². The molecule has 1 aromatic carbocycles. The van der Waals surface area contributed by atoms with E-state index in [9.17, 15) is 10.1 Å². The van der Waals surface area contributed by atoms with E-state index in [1.54, 1.807) is 31.0 Å². The van der Waals surface area contributed by atoms with Gasteiger partial charge in [-0.25, -0.2) is 4.99 Å². The SMILES string of the molecule is COCCCNC(=NCc1ccc([N+](=O)[O-])cc1)NCCSC.I. The van der Waals surface area contributed by atoms with Crippen LogP contribution in [-0.2, 0) is 11.3 Å². The number of nitro groups is 1. The maximum absolute atomic E-state index is 10.6. The van der Waals surface area contributed by atoms with Gasteiger partial charge in [0.1, 0.15) is 0 Å². The van der Waals surface area contributed by atoms with Crippen LogP contribution in [0.15, 0.2) is 29.3 Å². The number of nitrogens with one attached hydrogen (secondary N) is 2. The van der Waals surface area contributed by atoms with E-state index in [2.05, 4.69) is 21.9 Å². The van der Waals surface area contributed by atoms with Crippen molar-refractivity contribution in [2.24, 2.45) is 4.99 Å². The van der Waals surface area contributed by atoms with Crippen molar-refractivity contribution in [1.82, 2.24) is 10.6 Å². The van der Waals surface area contributed by atoms with Crippen LogP contribution in [0.5, 0.6) is 0 Å². The molecule has 0 aromatic heterocycles. The third-order valence-corrected chi connectivity index (χ3v) is 3.60.